The van der Waals surface area contributed by atoms with Gasteiger partial charge < -0.3 is 10.6 Å². The molecule has 4 aromatic rings. The standard InChI is InChI=1S/C21H16ClN5O2S/c1-23-19(28)16-9-14(7-8-17(16)22)25-20(29)18-12-30-21(26-18)13-10-24-27(11-13)15-5-3-2-4-6-15/h2-12H,1H3,(H,23,28)(H,25,29). The lowest BCUT2D eigenvalue weighted by Crippen LogP contribution is -2.19. The topological polar surface area (TPSA) is 88.9 Å². The van der Waals surface area contributed by atoms with Crippen molar-refractivity contribution in [2.24, 2.45) is 0 Å². The highest BCUT2D eigenvalue weighted by molar-refractivity contribution is 7.13. The number of carbonyl (C=O) groups is 2. The van der Waals surface area contributed by atoms with Crippen LogP contribution < -0.4 is 10.6 Å². The summed E-state index contributed by atoms with van der Waals surface area (Å²) in [5, 5.41) is 12.3. The maximum atomic E-state index is 12.6. The largest absolute Gasteiger partial charge is 0.355 e. The van der Waals surface area contributed by atoms with E-state index in [1.807, 2.05) is 36.5 Å². The first-order valence-electron chi connectivity index (χ1n) is 8.94. The van der Waals surface area contributed by atoms with Crippen molar-refractivity contribution in [2.75, 3.05) is 12.4 Å². The van der Waals surface area contributed by atoms with Crippen LogP contribution in [0.5, 0.6) is 0 Å². The van der Waals surface area contributed by atoms with Crippen LogP contribution in [0.1, 0.15) is 20.8 Å². The maximum absolute atomic E-state index is 12.6. The number of carbonyl (C=O) groups excluding carboxylic acids is 2. The van der Waals surface area contributed by atoms with Gasteiger partial charge in [-0.3, -0.25) is 9.59 Å². The van der Waals surface area contributed by atoms with Gasteiger partial charge in [-0.15, -0.1) is 11.3 Å². The maximum Gasteiger partial charge on any atom is 0.275 e. The van der Waals surface area contributed by atoms with Crippen molar-refractivity contribution in [1.82, 2.24) is 20.1 Å². The zero-order chi connectivity index (χ0) is 21.1. The van der Waals surface area contributed by atoms with Crippen molar-refractivity contribution < 1.29 is 9.59 Å². The van der Waals surface area contributed by atoms with Crippen LogP contribution in [-0.4, -0.2) is 33.6 Å². The van der Waals surface area contributed by atoms with Gasteiger partial charge in [0.05, 0.1) is 22.5 Å². The second kappa shape index (κ2) is 8.48. The summed E-state index contributed by atoms with van der Waals surface area (Å²) in [6.07, 6.45) is 3.58. The lowest BCUT2D eigenvalue weighted by atomic mass is 10.2. The summed E-state index contributed by atoms with van der Waals surface area (Å²) in [6.45, 7) is 0. The quantitative estimate of drug-likeness (QED) is 0.488. The summed E-state index contributed by atoms with van der Waals surface area (Å²) in [7, 11) is 1.51. The van der Waals surface area contributed by atoms with Crippen molar-refractivity contribution in [1.29, 1.82) is 0 Å². The number of hydrogen-bond donors (Lipinski definition) is 2. The number of nitrogens with zero attached hydrogens (tertiary/aromatic N) is 3. The monoisotopic (exact) mass is 437 g/mol. The van der Waals surface area contributed by atoms with Gasteiger partial charge in [0.15, 0.2) is 0 Å². The molecule has 2 aromatic carbocycles. The number of halogens is 1. The molecule has 2 amide bonds. The zero-order valence-corrected chi connectivity index (χ0v) is 17.4. The van der Waals surface area contributed by atoms with Crippen molar-refractivity contribution in [3.63, 3.8) is 0 Å². The van der Waals surface area contributed by atoms with E-state index in [0.717, 1.165) is 11.3 Å². The predicted octanol–water partition coefficient (Wildman–Crippen LogP) is 4.26. The molecule has 0 radical (unpaired) electrons. The van der Waals surface area contributed by atoms with Crippen LogP contribution in [0.3, 0.4) is 0 Å². The van der Waals surface area contributed by atoms with Crippen molar-refractivity contribution in [2.45, 2.75) is 0 Å². The first kappa shape index (κ1) is 19.8. The number of nitrogens with one attached hydrogen (secondary N) is 2. The lowest BCUT2D eigenvalue weighted by Gasteiger charge is -2.07. The summed E-state index contributed by atoms with van der Waals surface area (Å²) < 4.78 is 1.75. The molecule has 0 bridgehead atoms. The van der Waals surface area contributed by atoms with E-state index in [1.165, 1.54) is 24.5 Å². The van der Waals surface area contributed by atoms with E-state index >= 15 is 0 Å². The number of thiazole rings is 1. The fourth-order valence-electron chi connectivity index (χ4n) is 2.77. The third kappa shape index (κ3) is 4.10. The van der Waals surface area contributed by atoms with Crippen LogP contribution in [0.25, 0.3) is 16.3 Å². The Morgan fingerprint density at radius 1 is 1.10 bits per heavy atom. The van der Waals surface area contributed by atoms with E-state index in [1.54, 1.807) is 28.4 Å². The van der Waals surface area contributed by atoms with Gasteiger partial charge in [-0.25, -0.2) is 9.67 Å². The van der Waals surface area contributed by atoms with Gasteiger partial charge in [0.2, 0.25) is 0 Å². The SMILES string of the molecule is CNC(=O)c1cc(NC(=O)c2csc(-c3cnn(-c4ccccc4)c3)n2)ccc1Cl. The molecule has 0 aliphatic heterocycles. The summed E-state index contributed by atoms with van der Waals surface area (Å²) in [5.74, 6) is -0.708. The van der Waals surface area contributed by atoms with Gasteiger partial charge in [0.25, 0.3) is 11.8 Å². The Morgan fingerprint density at radius 3 is 2.67 bits per heavy atom. The number of anilines is 1. The number of benzene rings is 2. The van der Waals surface area contributed by atoms with Crippen LogP contribution in [0, 0.1) is 0 Å². The summed E-state index contributed by atoms with van der Waals surface area (Å²) in [5.41, 5.74) is 2.77. The Labute approximate surface area is 181 Å². The van der Waals surface area contributed by atoms with E-state index < -0.39 is 0 Å². The molecule has 150 valence electrons. The predicted molar refractivity (Wildman–Crippen MR) is 117 cm³/mol. The Morgan fingerprint density at radius 2 is 1.90 bits per heavy atom. The van der Waals surface area contributed by atoms with Crippen molar-refractivity contribution in [3.05, 3.63) is 82.6 Å². The van der Waals surface area contributed by atoms with Crippen LogP contribution in [0.15, 0.2) is 66.3 Å². The molecule has 0 aliphatic carbocycles. The minimum atomic E-state index is -0.377. The van der Waals surface area contributed by atoms with Gasteiger partial charge in [0.1, 0.15) is 10.7 Å². The third-order valence-corrected chi connectivity index (χ3v) is 5.50. The van der Waals surface area contributed by atoms with Crippen molar-refractivity contribution in [3.8, 4) is 16.3 Å². The number of amides is 2. The summed E-state index contributed by atoms with van der Waals surface area (Å²) in [6, 6.07) is 14.4. The van der Waals surface area contributed by atoms with Crippen LogP contribution >= 0.6 is 22.9 Å². The molecule has 9 heteroatoms. The summed E-state index contributed by atoms with van der Waals surface area (Å²) >= 11 is 7.40. The van der Waals surface area contributed by atoms with Gasteiger partial charge in [-0.1, -0.05) is 29.8 Å². The molecular weight excluding hydrogens is 422 g/mol. The Bertz CT molecular complexity index is 1220. The third-order valence-electron chi connectivity index (χ3n) is 4.28. The van der Waals surface area contributed by atoms with E-state index in [2.05, 4.69) is 20.7 Å². The molecule has 0 fully saturated rings. The van der Waals surface area contributed by atoms with Gasteiger partial charge in [-0.05, 0) is 30.3 Å². The van der Waals surface area contributed by atoms with Crippen molar-refractivity contribution >= 4 is 40.4 Å². The average Bonchev–Trinajstić information content (AvgIpc) is 3.45. The molecule has 4 rings (SSSR count). The highest BCUT2D eigenvalue weighted by atomic mass is 35.5. The molecule has 0 unspecified atom stereocenters. The smallest absolute Gasteiger partial charge is 0.275 e. The minimum Gasteiger partial charge on any atom is -0.355 e. The minimum absolute atomic E-state index is 0.277. The molecule has 0 aliphatic rings. The second-order valence-electron chi connectivity index (χ2n) is 6.27. The first-order chi connectivity index (χ1) is 14.5. The van der Waals surface area contributed by atoms with Crippen LogP contribution in [0.4, 0.5) is 5.69 Å². The van der Waals surface area contributed by atoms with Crippen LogP contribution in [-0.2, 0) is 0 Å². The molecule has 2 N–H and O–H groups in total. The number of rotatable bonds is 5. The van der Waals surface area contributed by atoms with Gasteiger partial charge >= 0.3 is 0 Å². The molecular formula is C21H16ClN5O2S. The lowest BCUT2D eigenvalue weighted by molar-refractivity contribution is 0.0961. The fraction of sp³-hybridized carbons (Fsp3) is 0.0476. The zero-order valence-electron chi connectivity index (χ0n) is 15.8. The Balaban J connectivity index is 1.51. The average molecular weight is 438 g/mol. The molecule has 0 saturated carbocycles. The highest BCUT2D eigenvalue weighted by Gasteiger charge is 2.15. The number of para-hydroxylation sites is 1. The molecule has 7 nitrogen and oxygen atoms in total. The molecule has 2 aromatic heterocycles. The molecule has 30 heavy (non-hydrogen) atoms. The van der Waals surface area contributed by atoms with E-state index in [0.29, 0.717) is 15.7 Å². The Hall–Kier alpha value is -3.49. The second-order valence-corrected chi connectivity index (χ2v) is 7.54. The molecule has 0 saturated heterocycles. The summed E-state index contributed by atoms with van der Waals surface area (Å²) in [4.78, 5) is 28.9. The van der Waals surface area contributed by atoms with Gasteiger partial charge in [0, 0.05) is 29.9 Å². The normalized spacial score (nSPS) is 10.6. The molecule has 2 heterocycles. The first-order valence-corrected chi connectivity index (χ1v) is 10.2. The van der Waals surface area contributed by atoms with E-state index in [9.17, 15) is 9.59 Å². The number of aromatic nitrogens is 3. The molecule has 0 atom stereocenters. The fourth-order valence-corrected chi connectivity index (χ4v) is 3.75. The van der Waals surface area contributed by atoms with Crippen LogP contribution in [0.2, 0.25) is 5.02 Å². The van der Waals surface area contributed by atoms with E-state index in [-0.39, 0.29) is 23.1 Å². The van der Waals surface area contributed by atoms with E-state index in [4.69, 9.17) is 11.6 Å². The highest BCUT2D eigenvalue weighted by Crippen LogP contribution is 2.25. The molecule has 0 spiro atoms. The van der Waals surface area contributed by atoms with Gasteiger partial charge in [-0.2, -0.15) is 5.10 Å². The Kier molecular flexibility index (Phi) is 5.60. The number of hydrogen-bond acceptors (Lipinski definition) is 5.